The third-order valence-electron chi connectivity index (χ3n) is 5.45. The fourth-order valence-electron chi connectivity index (χ4n) is 2.67. The third kappa shape index (κ3) is 5.77. The first-order chi connectivity index (χ1) is 13.6. The number of ether oxygens (including phenoxy) is 1. The molecule has 1 amide bonds. The van der Waals surface area contributed by atoms with E-state index in [-0.39, 0.29) is 10.9 Å². The number of carbonyl (C=O) groups is 2. The molecule has 2 rings (SSSR count). The van der Waals surface area contributed by atoms with E-state index in [1.165, 1.54) is 7.11 Å². The Morgan fingerprint density at radius 2 is 1.45 bits per heavy atom. The van der Waals surface area contributed by atoms with Gasteiger partial charge in [-0.15, -0.1) is 0 Å². The Morgan fingerprint density at radius 3 is 1.93 bits per heavy atom. The molecule has 5 nitrogen and oxygen atoms in total. The summed E-state index contributed by atoms with van der Waals surface area (Å²) in [5.41, 5.74) is 1.30. The molecule has 0 radical (unpaired) electrons. The maximum atomic E-state index is 12.9. The van der Waals surface area contributed by atoms with Crippen LogP contribution in [-0.4, -0.2) is 33.4 Å². The zero-order chi connectivity index (χ0) is 21.7. The van der Waals surface area contributed by atoms with Gasteiger partial charge in [-0.2, -0.15) is 0 Å². The standard InChI is InChI=1S/C23H31NO4Si/c1-23(2,3)29(5,6)28-20(22(26)27-4)19(17-13-9-7-10-14-17)24-21(25)18-15-11-8-12-16-18/h7-16,19-20H,1-6H3,(H,24,25)/t19-,20+/m1/s1. The minimum Gasteiger partial charge on any atom is -0.467 e. The van der Waals surface area contributed by atoms with Gasteiger partial charge in [-0.05, 0) is 35.8 Å². The average molecular weight is 414 g/mol. The van der Waals surface area contributed by atoms with Gasteiger partial charge in [0.2, 0.25) is 0 Å². The van der Waals surface area contributed by atoms with E-state index in [2.05, 4.69) is 39.2 Å². The second-order valence-corrected chi connectivity index (χ2v) is 13.3. The van der Waals surface area contributed by atoms with Crippen LogP contribution >= 0.6 is 0 Å². The van der Waals surface area contributed by atoms with E-state index in [1.807, 2.05) is 36.4 Å². The average Bonchev–Trinajstić information content (AvgIpc) is 2.70. The van der Waals surface area contributed by atoms with E-state index in [4.69, 9.17) is 9.16 Å². The third-order valence-corrected chi connectivity index (χ3v) is 9.90. The zero-order valence-electron chi connectivity index (χ0n) is 18.1. The van der Waals surface area contributed by atoms with Crippen molar-refractivity contribution in [2.75, 3.05) is 7.11 Å². The van der Waals surface area contributed by atoms with Crippen molar-refractivity contribution in [1.29, 1.82) is 0 Å². The van der Waals surface area contributed by atoms with Crippen molar-refractivity contribution in [1.82, 2.24) is 5.32 Å². The van der Waals surface area contributed by atoms with Crippen LogP contribution in [0.5, 0.6) is 0 Å². The minimum atomic E-state index is -2.33. The Bertz CT molecular complexity index is 816. The Balaban J connectivity index is 2.45. The molecule has 0 bridgehead atoms. The number of amides is 1. The zero-order valence-corrected chi connectivity index (χ0v) is 19.1. The second-order valence-electron chi connectivity index (χ2n) is 8.55. The predicted molar refractivity (Wildman–Crippen MR) is 117 cm³/mol. The van der Waals surface area contributed by atoms with Crippen molar-refractivity contribution in [2.45, 2.75) is 51.0 Å². The first kappa shape index (κ1) is 22.8. The fraction of sp³-hybridized carbons (Fsp3) is 0.391. The van der Waals surface area contributed by atoms with Crippen molar-refractivity contribution in [3.63, 3.8) is 0 Å². The van der Waals surface area contributed by atoms with Gasteiger partial charge in [0.15, 0.2) is 14.4 Å². The molecule has 1 N–H and O–H groups in total. The fourth-order valence-corrected chi connectivity index (χ4v) is 3.89. The van der Waals surface area contributed by atoms with Crippen LogP contribution in [0, 0.1) is 0 Å². The lowest BCUT2D eigenvalue weighted by atomic mass is 10.0. The molecule has 0 saturated carbocycles. The van der Waals surface area contributed by atoms with E-state index in [9.17, 15) is 9.59 Å². The monoisotopic (exact) mass is 413 g/mol. The molecule has 156 valence electrons. The SMILES string of the molecule is COC(=O)[C@@H](O[Si](C)(C)C(C)(C)C)[C@H](NC(=O)c1ccccc1)c1ccccc1. The minimum absolute atomic E-state index is 0.107. The molecular formula is C23H31NO4Si. The normalized spacial score (nSPS) is 14.0. The number of nitrogens with one attached hydrogen (secondary N) is 1. The van der Waals surface area contributed by atoms with Crippen molar-refractivity contribution < 1.29 is 18.8 Å². The van der Waals surface area contributed by atoms with Gasteiger partial charge in [0.05, 0.1) is 13.2 Å². The van der Waals surface area contributed by atoms with Crippen LogP contribution in [0.2, 0.25) is 18.1 Å². The molecule has 29 heavy (non-hydrogen) atoms. The quantitative estimate of drug-likeness (QED) is 0.527. The summed E-state index contributed by atoms with van der Waals surface area (Å²) < 4.78 is 11.5. The van der Waals surface area contributed by atoms with E-state index in [0.717, 1.165) is 5.56 Å². The molecule has 2 aromatic rings. The molecule has 2 aromatic carbocycles. The summed E-state index contributed by atoms with van der Waals surface area (Å²) in [6.07, 6.45) is -0.948. The topological polar surface area (TPSA) is 64.6 Å². The van der Waals surface area contributed by atoms with Gasteiger partial charge < -0.3 is 14.5 Å². The van der Waals surface area contributed by atoms with Gasteiger partial charge in [-0.25, -0.2) is 4.79 Å². The van der Waals surface area contributed by atoms with Crippen LogP contribution in [0.15, 0.2) is 60.7 Å². The number of rotatable bonds is 7. The molecule has 6 heteroatoms. The summed E-state index contributed by atoms with van der Waals surface area (Å²) in [5, 5.41) is 2.89. The van der Waals surface area contributed by atoms with E-state index < -0.39 is 26.4 Å². The highest BCUT2D eigenvalue weighted by Gasteiger charge is 2.44. The molecule has 0 aliphatic heterocycles. The lowest BCUT2D eigenvalue weighted by Gasteiger charge is -2.40. The maximum Gasteiger partial charge on any atom is 0.336 e. The summed E-state index contributed by atoms with van der Waals surface area (Å²) in [6.45, 7) is 10.5. The number of methoxy groups -OCH3 is 1. The number of carbonyl (C=O) groups excluding carboxylic acids is 2. The van der Waals surface area contributed by atoms with E-state index >= 15 is 0 Å². The van der Waals surface area contributed by atoms with Gasteiger partial charge in [0.25, 0.3) is 5.91 Å². The number of esters is 1. The number of benzene rings is 2. The van der Waals surface area contributed by atoms with Gasteiger partial charge in [0.1, 0.15) is 0 Å². The number of hydrogen-bond donors (Lipinski definition) is 1. The Hall–Kier alpha value is -2.44. The lowest BCUT2D eigenvalue weighted by molar-refractivity contribution is -0.151. The second kappa shape index (κ2) is 9.37. The molecule has 0 aliphatic rings. The van der Waals surface area contributed by atoms with Gasteiger partial charge in [-0.1, -0.05) is 69.3 Å². The van der Waals surface area contributed by atoms with E-state index in [0.29, 0.717) is 5.56 Å². The van der Waals surface area contributed by atoms with Gasteiger partial charge >= 0.3 is 5.97 Å². The lowest BCUT2D eigenvalue weighted by Crippen LogP contribution is -2.51. The first-order valence-electron chi connectivity index (χ1n) is 9.73. The highest BCUT2D eigenvalue weighted by atomic mass is 28.4. The van der Waals surface area contributed by atoms with Crippen LogP contribution in [0.1, 0.15) is 42.7 Å². The maximum absolute atomic E-state index is 12.9. The first-order valence-corrected chi connectivity index (χ1v) is 12.6. The Morgan fingerprint density at radius 1 is 0.931 bits per heavy atom. The van der Waals surface area contributed by atoms with Crippen molar-refractivity contribution in [3.8, 4) is 0 Å². The summed E-state index contributed by atoms with van der Waals surface area (Å²) in [7, 11) is -0.986. The summed E-state index contributed by atoms with van der Waals surface area (Å²) in [6, 6.07) is 17.6. The highest BCUT2D eigenvalue weighted by molar-refractivity contribution is 6.74. The number of hydrogen-bond acceptors (Lipinski definition) is 4. The van der Waals surface area contributed by atoms with Crippen LogP contribution < -0.4 is 5.32 Å². The summed E-state index contributed by atoms with van der Waals surface area (Å²) >= 11 is 0. The molecule has 2 atom stereocenters. The van der Waals surface area contributed by atoms with Crippen molar-refractivity contribution in [3.05, 3.63) is 71.8 Å². The van der Waals surface area contributed by atoms with Gasteiger partial charge in [0, 0.05) is 5.56 Å². The summed E-state index contributed by atoms with van der Waals surface area (Å²) in [5.74, 6) is -0.774. The van der Waals surface area contributed by atoms with Crippen LogP contribution in [0.25, 0.3) is 0 Å². The van der Waals surface area contributed by atoms with Crippen LogP contribution in [-0.2, 0) is 14.0 Å². The van der Waals surface area contributed by atoms with Gasteiger partial charge in [-0.3, -0.25) is 4.79 Å². The predicted octanol–water partition coefficient (Wildman–Crippen LogP) is 4.72. The highest BCUT2D eigenvalue weighted by Crippen LogP contribution is 2.39. The molecule has 0 saturated heterocycles. The molecule has 0 aliphatic carbocycles. The molecule has 0 heterocycles. The van der Waals surface area contributed by atoms with Crippen LogP contribution in [0.4, 0.5) is 0 Å². The molecule has 0 unspecified atom stereocenters. The Labute approximate surface area is 174 Å². The molecule has 0 aromatic heterocycles. The smallest absolute Gasteiger partial charge is 0.336 e. The van der Waals surface area contributed by atoms with Crippen molar-refractivity contribution in [2.24, 2.45) is 0 Å². The largest absolute Gasteiger partial charge is 0.467 e. The van der Waals surface area contributed by atoms with Crippen LogP contribution in [0.3, 0.4) is 0 Å². The molecule has 0 fully saturated rings. The summed E-state index contributed by atoms with van der Waals surface area (Å²) in [4.78, 5) is 25.7. The molecule has 0 spiro atoms. The molecular weight excluding hydrogens is 382 g/mol. The van der Waals surface area contributed by atoms with E-state index in [1.54, 1.807) is 24.3 Å². The Kier molecular flexibility index (Phi) is 7.38. The van der Waals surface area contributed by atoms with Crippen molar-refractivity contribution >= 4 is 20.2 Å².